The lowest BCUT2D eigenvalue weighted by molar-refractivity contribution is -0.121. The third-order valence-electron chi connectivity index (χ3n) is 10.6. The number of Topliss-reactive ketones (excluding diaryl/α,β-unsaturated/α-hetero) is 1. The van der Waals surface area contributed by atoms with Crippen LogP contribution >= 0.6 is 23.2 Å². The zero-order valence-corrected chi connectivity index (χ0v) is 29.7. The van der Waals surface area contributed by atoms with Gasteiger partial charge in [0.2, 0.25) is 0 Å². The molecule has 0 aliphatic heterocycles. The number of nitriles is 2. The van der Waals surface area contributed by atoms with Gasteiger partial charge in [0.05, 0.1) is 56.8 Å². The number of rotatable bonds is 12. The number of benzene rings is 2. The summed E-state index contributed by atoms with van der Waals surface area (Å²) in [5.41, 5.74) is 6.95. The number of carbonyl (C=O) groups is 1. The lowest BCUT2D eigenvalue weighted by Crippen LogP contribution is -2.21. The lowest BCUT2D eigenvalue weighted by Gasteiger charge is -2.30. The number of nitrogens with zero attached hydrogens (tertiary/aromatic N) is 6. The van der Waals surface area contributed by atoms with Crippen LogP contribution in [-0.4, -0.2) is 26.2 Å². The average Bonchev–Trinajstić information content (AvgIpc) is 3.16. The molecular weight excluding hydrogens is 663 g/mol. The van der Waals surface area contributed by atoms with Crippen LogP contribution in [0.15, 0.2) is 72.8 Å². The number of alkyl halides is 2. The van der Waals surface area contributed by atoms with E-state index in [9.17, 15) is 4.79 Å². The maximum absolute atomic E-state index is 13.1. The summed E-state index contributed by atoms with van der Waals surface area (Å²) in [5.74, 6) is 2.08. The van der Waals surface area contributed by atoms with Crippen molar-refractivity contribution in [3.63, 3.8) is 0 Å². The minimum absolute atomic E-state index is 0.279. The third-order valence-corrected chi connectivity index (χ3v) is 11.4. The van der Waals surface area contributed by atoms with Gasteiger partial charge < -0.3 is 0 Å². The molecule has 7 nitrogen and oxygen atoms in total. The van der Waals surface area contributed by atoms with E-state index < -0.39 is 0 Å². The van der Waals surface area contributed by atoms with Gasteiger partial charge in [0.1, 0.15) is 5.78 Å². The number of halogens is 2. The number of hydrogen-bond donors (Lipinski definition) is 0. The van der Waals surface area contributed by atoms with E-state index in [1.54, 1.807) is 24.3 Å². The fourth-order valence-electron chi connectivity index (χ4n) is 7.58. The highest BCUT2D eigenvalue weighted by atomic mass is 35.5. The number of carbonyl (C=O) groups excluding carboxylic acids is 1. The number of ketones is 1. The molecule has 0 saturated heterocycles. The van der Waals surface area contributed by atoms with Crippen molar-refractivity contribution in [2.45, 2.75) is 99.6 Å². The predicted octanol–water partition coefficient (Wildman–Crippen LogP) is 9.65. The monoisotopic (exact) mass is 704 g/mol. The Morgan fingerprint density at radius 2 is 0.960 bits per heavy atom. The molecule has 0 radical (unpaired) electrons. The van der Waals surface area contributed by atoms with Gasteiger partial charge in [-0.15, -0.1) is 23.2 Å². The van der Waals surface area contributed by atoms with Crippen LogP contribution in [0.25, 0.3) is 0 Å². The second-order valence-electron chi connectivity index (χ2n) is 14.1. The van der Waals surface area contributed by atoms with E-state index in [-0.39, 0.29) is 10.8 Å². The van der Waals surface area contributed by atoms with E-state index in [4.69, 9.17) is 33.7 Å². The van der Waals surface area contributed by atoms with Crippen LogP contribution in [0, 0.1) is 34.5 Å². The number of hydrogen-bond acceptors (Lipinski definition) is 7. The maximum Gasteiger partial charge on any atom is 0.133 e. The summed E-state index contributed by atoms with van der Waals surface area (Å²) in [6.45, 7) is 0. The smallest absolute Gasteiger partial charge is 0.133 e. The van der Waals surface area contributed by atoms with Crippen molar-refractivity contribution < 1.29 is 4.79 Å². The Hall–Kier alpha value is -4.17. The number of aromatic nitrogens is 4. The Morgan fingerprint density at radius 1 is 0.580 bits per heavy atom. The molecule has 2 aliphatic carbocycles. The SMILES string of the molecule is N#Cc1ccc(CC(Cl)c2ccc(C3CCC(CC(=O)C[C@H]4CC[C@H](c5ccc(C(Cl)Cc6ccc(C#N)cc6)nn5)CC4)CC3)nn2)cc1. The summed E-state index contributed by atoms with van der Waals surface area (Å²) < 4.78 is 0. The molecule has 50 heavy (non-hydrogen) atoms. The Labute approximate surface area is 305 Å². The first-order chi connectivity index (χ1) is 24.4. The van der Waals surface area contributed by atoms with Crippen molar-refractivity contribution in [3.05, 3.63) is 118 Å². The predicted molar refractivity (Wildman–Crippen MR) is 195 cm³/mol. The molecule has 0 bridgehead atoms. The van der Waals surface area contributed by atoms with Crippen LogP contribution in [-0.2, 0) is 17.6 Å². The van der Waals surface area contributed by atoms with Gasteiger partial charge in [-0.25, -0.2) is 0 Å². The van der Waals surface area contributed by atoms with Gasteiger partial charge >= 0.3 is 0 Å². The fraction of sp³-hybridized carbons (Fsp3) is 0.439. The second-order valence-corrected chi connectivity index (χ2v) is 15.2. The minimum Gasteiger partial charge on any atom is -0.300 e. The zero-order valence-electron chi connectivity index (χ0n) is 28.2. The van der Waals surface area contributed by atoms with Crippen LogP contribution in [0.2, 0.25) is 0 Å². The van der Waals surface area contributed by atoms with Gasteiger partial charge in [-0.2, -0.15) is 30.9 Å². The molecule has 9 heteroatoms. The summed E-state index contributed by atoms with van der Waals surface area (Å²) in [4.78, 5) is 13.1. The van der Waals surface area contributed by atoms with E-state index >= 15 is 0 Å². The second kappa shape index (κ2) is 17.2. The molecule has 2 aliphatic rings. The van der Waals surface area contributed by atoms with E-state index in [2.05, 4.69) is 44.7 Å². The molecule has 256 valence electrons. The Balaban J connectivity index is 0.890. The first-order valence-corrected chi connectivity index (χ1v) is 18.7. The lowest BCUT2D eigenvalue weighted by atomic mass is 9.75. The third kappa shape index (κ3) is 9.53. The van der Waals surface area contributed by atoms with E-state index in [1.807, 2.05) is 36.4 Å². The summed E-state index contributed by atoms with van der Waals surface area (Å²) in [6.07, 6.45) is 11.0. The average molecular weight is 706 g/mol. The molecule has 2 fully saturated rings. The zero-order chi connectivity index (χ0) is 34.9. The molecule has 2 heterocycles. The van der Waals surface area contributed by atoms with E-state index in [1.165, 1.54) is 0 Å². The normalized spacial score (nSPS) is 21.8. The van der Waals surface area contributed by atoms with Crippen molar-refractivity contribution >= 4 is 29.0 Å². The highest BCUT2D eigenvalue weighted by molar-refractivity contribution is 6.21. The van der Waals surface area contributed by atoms with Gasteiger partial charge in [0.15, 0.2) is 0 Å². The fourth-order valence-corrected chi connectivity index (χ4v) is 8.17. The van der Waals surface area contributed by atoms with Gasteiger partial charge in [-0.05, 0) is 136 Å². The van der Waals surface area contributed by atoms with Crippen LogP contribution in [0.4, 0.5) is 0 Å². The van der Waals surface area contributed by atoms with Crippen molar-refractivity contribution in [1.82, 2.24) is 20.4 Å². The summed E-state index contributed by atoms with van der Waals surface area (Å²) >= 11 is 13.3. The Morgan fingerprint density at radius 3 is 1.28 bits per heavy atom. The first-order valence-electron chi connectivity index (χ1n) is 17.8. The minimum atomic E-state index is -0.279. The molecule has 4 aromatic rings. The van der Waals surface area contributed by atoms with Crippen molar-refractivity contribution in [3.8, 4) is 12.1 Å². The molecule has 0 spiro atoms. The van der Waals surface area contributed by atoms with Crippen molar-refractivity contribution in [2.75, 3.05) is 0 Å². The van der Waals surface area contributed by atoms with Crippen molar-refractivity contribution in [2.24, 2.45) is 11.8 Å². The molecule has 2 saturated carbocycles. The highest BCUT2D eigenvalue weighted by Crippen LogP contribution is 2.39. The molecule has 2 unspecified atom stereocenters. The Kier molecular flexibility index (Phi) is 12.2. The van der Waals surface area contributed by atoms with Crippen molar-refractivity contribution in [1.29, 1.82) is 10.5 Å². The first kappa shape index (κ1) is 35.6. The molecule has 2 atom stereocenters. The molecule has 2 aromatic carbocycles. The molecule has 0 N–H and O–H groups in total. The maximum atomic E-state index is 13.1. The highest BCUT2D eigenvalue weighted by Gasteiger charge is 2.29. The van der Waals surface area contributed by atoms with Crippen LogP contribution in [0.1, 0.15) is 132 Å². The molecular formula is C41H42Cl2N6O. The summed E-state index contributed by atoms with van der Waals surface area (Å²) in [6, 6.07) is 27.3. The topological polar surface area (TPSA) is 116 Å². The van der Waals surface area contributed by atoms with Gasteiger partial charge in [0, 0.05) is 24.7 Å². The standard InChI is InChI=1S/C41H42Cl2N6O/c42-36(23-29-1-5-31(25-44)6-2-29)40-19-17-38(46-48-40)33-13-9-27(10-14-33)21-35(50)22-28-11-15-34(16-12-28)39-18-20-41(49-47-39)37(43)24-30-3-7-32(26-45)8-4-30/h1-8,17-20,27-28,33-34,36-37H,9-16,21-24H2/t27-,28?,33-,34?,36?,37?. The Bertz CT molecular complexity index is 1650. The van der Waals surface area contributed by atoms with E-state index in [0.29, 0.717) is 66.3 Å². The molecule has 2 aromatic heterocycles. The van der Waals surface area contributed by atoms with Crippen LogP contribution < -0.4 is 0 Å². The van der Waals surface area contributed by atoms with E-state index in [0.717, 1.165) is 85.3 Å². The van der Waals surface area contributed by atoms with Gasteiger partial charge in [-0.1, -0.05) is 24.3 Å². The van der Waals surface area contributed by atoms with Crippen LogP contribution in [0.3, 0.4) is 0 Å². The quantitative estimate of drug-likeness (QED) is 0.135. The molecule has 6 rings (SSSR count). The molecule has 0 amide bonds. The van der Waals surface area contributed by atoms with Gasteiger partial charge in [0.25, 0.3) is 0 Å². The van der Waals surface area contributed by atoms with Crippen LogP contribution in [0.5, 0.6) is 0 Å². The largest absolute Gasteiger partial charge is 0.300 e. The summed E-state index contributed by atoms with van der Waals surface area (Å²) in [7, 11) is 0. The summed E-state index contributed by atoms with van der Waals surface area (Å²) in [5, 5.41) is 35.5. The van der Waals surface area contributed by atoms with Gasteiger partial charge in [-0.3, -0.25) is 4.79 Å².